The number of aromatic nitrogens is 4. The van der Waals surface area contributed by atoms with Crippen LogP contribution in [0.15, 0.2) is 35.4 Å². The summed E-state index contributed by atoms with van der Waals surface area (Å²) in [5.74, 6) is 1.15. The van der Waals surface area contributed by atoms with Gasteiger partial charge < -0.3 is 10.2 Å². The van der Waals surface area contributed by atoms with Crippen molar-refractivity contribution in [3.63, 3.8) is 0 Å². The van der Waals surface area contributed by atoms with Gasteiger partial charge in [-0.15, -0.1) is 0 Å². The molecule has 8 heteroatoms. The standard InChI is InChI=1S/C16H20N6O2/c23-15(12-22-16(24)5-4-7-19-22)18-11-13-17-8-6-14(20-13)21-9-2-1-3-10-21/h4-8H,1-3,9-12H2,(H,18,23). The molecule has 126 valence electrons. The van der Waals surface area contributed by atoms with Crippen LogP contribution in [0, 0.1) is 0 Å². The van der Waals surface area contributed by atoms with Crippen molar-refractivity contribution in [2.45, 2.75) is 32.4 Å². The number of nitrogens with one attached hydrogen (secondary N) is 1. The van der Waals surface area contributed by atoms with Crippen molar-refractivity contribution in [3.05, 3.63) is 46.8 Å². The molecule has 0 atom stereocenters. The fourth-order valence-corrected chi connectivity index (χ4v) is 2.65. The van der Waals surface area contributed by atoms with Crippen molar-refractivity contribution in [1.82, 2.24) is 25.1 Å². The lowest BCUT2D eigenvalue weighted by Gasteiger charge is -2.27. The Morgan fingerprint density at radius 2 is 2.00 bits per heavy atom. The summed E-state index contributed by atoms with van der Waals surface area (Å²) >= 11 is 0. The number of carbonyl (C=O) groups excluding carboxylic acids is 1. The van der Waals surface area contributed by atoms with E-state index < -0.39 is 0 Å². The third-order valence-corrected chi connectivity index (χ3v) is 3.89. The Morgan fingerprint density at radius 1 is 1.17 bits per heavy atom. The molecule has 1 amide bonds. The molecule has 3 heterocycles. The molecule has 1 saturated heterocycles. The second-order valence-electron chi connectivity index (χ2n) is 5.68. The summed E-state index contributed by atoms with van der Waals surface area (Å²) in [5.41, 5.74) is -0.309. The summed E-state index contributed by atoms with van der Waals surface area (Å²) in [6.45, 7) is 2.12. The van der Waals surface area contributed by atoms with Crippen LogP contribution >= 0.6 is 0 Å². The molecular formula is C16H20N6O2. The zero-order valence-electron chi connectivity index (χ0n) is 13.4. The molecule has 1 aliphatic rings. The Balaban J connectivity index is 1.57. The van der Waals surface area contributed by atoms with E-state index in [0.29, 0.717) is 5.82 Å². The predicted octanol–water partition coefficient (Wildman–Crippen LogP) is 0.340. The molecule has 0 saturated carbocycles. The Morgan fingerprint density at radius 3 is 2.79 bits per heavy atom. The predicted molar refractivity (Wildman–Crippen MR) is 88.4 cm³/mol. The van der Waals surface area contributed by atoms with Gasteiger partial charge in [0.1, 0.15) is 18.2 Å². The van der Waals surface area contributed by atoms with Gasteiger partial charge in [-0.05, 0) is 31.4 Å². The van der Waals surface area contributed by atoms with E-state index in [4.69, 9.17) is 0 Å². The number of anilines is 1. The quantitative estimate of drug-likeness (QED) is 0.851. The van der Waals surface area contributed by atoms with Gasteiger partial charge in [0.2, 0.25) is 5.91 Å². The molecular weight excluding hydrogens is 308 g/mol. The average molecular weight is 328 g/mol. The normalized spacial score (nSPS) is 14.4. The third kappa shape index (κ3) is 4.15. The first-order valence-corrected chi connectivity index (χ1v) is 8.08. The van der Waals surface area contributed by atoms with E-state index in [1.165, 1.54) is 37.6 Å². The number of hydrogen-bond acceptors (Lipinski definition) is 6. The van der Waals surface area contributed by atoms with Gasteiger partial charge in [-0.1, -0.05) is 0 Å². The number of rotatable bonds is 5. The van der Waals surface area contributed by atoms with Crippen LogP contribution in [0.5, 0.6) is 0 Å². The molecule has 0 unspecified atom stereocenters. The van der Waals surface area contributed by atoms with E-state index >= 15 is 0 Å². The number of carbonyl (C=O) groups is 1. The second-order valence-corrected chi connectivity index (χ2v) is 5.68. The highest BCUT2D eigenvalue weighted by Gasteiger charge is 2.13. The van der Waals surface area contributed by atoms with Crippen LogP contribution in [0.3, 0.4) is 0 Å². The molecule has 1 fully saturated rings. The lowest BCUT2D eigenvalue weighted by Crippen LogP contribution is -2.33. The van der Waals surface area contributed by atoms with Crippen molar-refractivity contribution in [2.75, 3.05) is 18.0 Å². The first kappa shape index (κ1) is 16.1. The molecule has 3 rings (SSSR count). The monoisotopic (exact) mass is 328 g/mol. The number of amides is 1. The molecule has 0 radical (unpaired) electrons. The topological polar surface area (TPSA) is 93.0 Å². The van der Waals surface area contributed by atoms with Crippen LogP contribution in [-0.2, 0) is 17.9 Å². The summed E-state index contributed by atoms with van der Waals surface area (Å²) < 4.78 is 1.11. The smallest absolute Gasteiger partial charge is 0.267 e. The van der Waals surface area contributed by atoms with E-state index in [1.54, 1.807) is 6.20 Å². The fourth-order valence-electron chi connectivity index (χ4n) is 2.65. The molecule has 0 bridgehead atoms. The highest BCUT2D eigenvalue weighted by atomic mass is 16.2. The van der Waals surface area contributed by atoms with Gasteiger partial charge in [0.25, 0.3) is 5.56 Å². The SMILES string of the molecule is O=C(Cn1ncccc1=O)NCc1nccc(N2CCCCC2)n1. The van der Waals surface area contributed by atoms with Gasteiger partial charge in [-0.25, -0.2) is 14.6 Å². The molecule has 0 aromatic carbocycles. The van der Waals surface area contributed by atoms with E-state index in [2.05, 4.69) is 25.3 Å². The molecule has 0 aliphatic carbocycles. The lowest BCUT2D eigenvalue weighted by atomic mass is 10.1. The van der Waals surface area contributed by atoms with Gasteiger partial charge >= 0.3 is 0 Å². The molecule has 1 N–H and O–H groups in total. The van der Waals surface area contributed by atoms with Crippen LogP contribution < -0.4 is 15.8 Å². The van der Waals surface area contributed by atoms with Crippen LogP contribution in [0.2, 0.25) is 0 Å². The summed E-state index contributed by atoms with van der Waals surface area (Å²) in [6.07, 6.45) is 6.79. The summed E-state index contributed by atoms with van der Waals surface area (Å²) in [4.78, 5) is 34.4. The molecule has 2 aromatic heterocycles. The summed E-state index contributed by atoms with van der Waals surface area (Å²) in [7, 11) is 0. The summed E-state index contributed by atoms with van der Waals surface area (Å²) in [5, 5.41) is 6.58. The van der Waals surface area contributed by atoms with E-state index in [-0.39, 0.29) is 24.6 Å². The first-order valence-electron chi connectivity index (χ1n) is 8.08. The molecule has 2 aromatic rings. The Labute approximate surface area is 139 Å². The van der Waals surface area contributed by atoms with Crippen LogP contribution in [0.25, 0.3) is 0 Å². The lowest BCUT2D eigenvalue weighted by molar-refractivity contribution is -0.122. The van der Waals surface area contributed by atoms with Crippen molar-refractivity contribution < 1.29 is 4.79 Å². The maximum atomic E-state index is 11.9. The molecule has 24 heavy (non-hydrogen) atoms. The number of nitrogens with zero attached hydrogens (tertiary/aromatic N) is 5. The minimum absolute atomic E-state index is 0.120. The first-order chi connectivity index (χ1) is 11.7. The van der Waals surface area contributed by atoms with Crippen LogP contribution in [-0.4, -0.2) is 38.7 Å². The Hall–Kier alpha value is -2.77. The Kier molecular flexibility index (Phi) is 5.15. The zero-order chi connectivity index (χ0) is 16.8. The molecule has 8 nitrogen and oxygen atoms in total. The number of piperidine rings is 1. The van der Waals surface area contributed by atoms with Crippen molar-refractivity contribution in [1.29, 1.82) is 0 Å². The Bertz CT molecular complexity index is 754. The van der Waals surface area contributed by atoms with Gasteiger partial charge in [-0.2, -0.15) is 5.10 Å². The fraction of sp³-hybridized carbons (Fsp3) is 0.438. The van der Waals surface area contributed by atoms with Crippen LogP contribution in [0.1, 0.15) is 25.1 Å². The zero-order valence-corrected chi connectivity index (χ0v) is 13.4. The minimum Gasteiger partial charge on any atom is -0.357 e. The summed E-state index contributed by atoms with van der Waals surface area (Å²) in [6, 6.07) is 4.80. The average Bonchev–Trinajstić information content (AvgIpc) is 2.63. The van der Waals surface area contributed by atoms with E-state index in [1.807, 2.05) is 6.07 Å². The van der Waals surface area contributed by atoms with Crippen LogP contribution in [0.4, 0.5) is 5.82 Å². The van der Waals surface area contributed by atoms with Crippen molar-refractivity contribution in [3.8, 4) is 0 Å². The second kappa shape index (κ2) is 7.67. The maximum absolute atomic E-state index is 11.9. The largest absolute Gasteiger partial charge is 0.357 e. The van der Waals surface area contributed by atoms with Gasteiger partial charge in [0, 0.05) is 31.5 Å². The van der Waals surface area contributed by atoms with Crippen molar-refractivity contribution >= 4 is 11.7 Å². The van der Waals surface area contributed by atoms with Gasteiger partial charge in [-0.3, -0.25) is 9.59 Å². The van der Waals surface area contributed by atoms with Gasteiger partial charge in [0.15, 0.2) is 0 Å². The third-order valence-electron chi connectivity index (χ3n) is 3.89. The highest BCUT2D eigenvalue weighted by Crippen LogP contribution is 2.16. The minimum atomic E-state index is -0.309. The van der Waals surface area contributed by atoms with Crippen molar-refractivity contribution in [2.24, 2.45) is 0 Å². The molecule has 0 spiro atoms. The van der Waals surface area contributed by atoms with E-state index in [0.717, 1.165) is 23.6 Å². The number of hydrogen-bond donors (Lipinski definition) is 1. The van der Waals surface area contributed by atoms with E-state index in [9.17, 15) is 9.59 Å². The van der Waals surface area contributed by atoms with Gasteiger partial charge in [0.05, 0.1) is 6.54 Å². The molecule has 1 aliphatic heterocycles. The maximum Gasteiger partial charge on any atom is 0.267 e. The highest BCUT2D eigenvalue weighted by molar-refractivity contribution is 5.75.